The molecule has 2 N–H and O–H groups in total. The number of esters is 1. The standard InChI is InChI=1S/C26H25FN2O4S/c1-3-23(25(31)28-20-14-10-18(11-15-20)26(32)33-4-2)34-22-7-5-6-21(16-22)29-24(30)17-8-12-19(27)13-9-17/h5-16,23H,3-4H2,1-2H3,(H,28,31)(H,29,30). The lowest BCUT2D eigenvalue weighted by atomic mass is 10.2. The van der Waals surface area contributed by atoms with E-state index in [4.69, 9.17) is 4.74 Å². The van der Waals surface area contributed by atoms with E-state index in [2.05, 4.69) is 10.6 Å². The monoisotopic (exact) mass is 480 g/mol. The Balaban J connectivity index is 1.62. The van der Waals surface area contributed by atoms with E-state index < -0.39 is 11.8 Å². The molecule has 0 saturated heterocycles. The van der Waals surface area contributed by atoms with Gasteiger partial charge in [-0.1, -0.05) is 13.0 Å². The largest absolute Gasteiger partial charge is 0.462 e. The van der Waals surface area contributed by atoms with Crippen molar-refractivity contribution in [3.05, 3.63) is 89.7 Å². The number of benzene rings is 3. The van der Waals surface area contributed by atoms with Gasteiger partial charge in [-0.15, -0.1) is 11.8 Å². The van der Waals surface area contributed by atoms with Crippen molar-refractivity contribution < 1.29 is 23.5 Å². The average Bonchev–Trinajstić information content (AvgIpc) is 2.83. The zero-order valence-corrected chi connectivity index (χ0v) is 19.7. The molecule has 0 aliphatic heterocycles. The molecule has 0 aliphatic rings. The first-order chi connectivity index (χ1) is 16.4. The van der Waals surface area contributed by atoms with Crippen molar-refractivity contribution in [1.29, 1.82) is 0 Å². The molecule has 3 aromatic carbocycles. The molecular formula is C26H25FN2O4S. The summed E-state index contributed by atoms with van der Waals surface area (Å²) in [5.74, 6) is -1.34. The van der Waals surface area contributed by atoms with Crippen LogP contribution in [-0.2, 0) is 9.53 Å². The Labute approximate surface area is 201 Å². The van der Waals surface area contributed by atoms with Crippen LogP contribution in [0, 0.1) is 5.82 Å². The van der Waals surface area contributed by atoms with Crippen molar-refractivity contribution in [2.24, 2.45) is 0 Å². The fourth-order valence-electron chi connectivity index (χ4n) is 3.07. The van der Waals surface area contributed by atoms with Gasteiger partial charge in [0.15, 0.2) is 0 Å². The van der Waals surface area contributed by atoms with Crippen LogP contribution < -0.4 is 10.6 Å². The van der Waals surface area contributed by atoms with Crippen molar-refractivity contribution in [2.45, 2.75) is 30.4 Å². The number of thioether (sulfide) groups is 1. The fraction of sp³-hybridized carbons (Fsp3) is 0.192. The number of hydrogen-bond acceptors (Lipinski definition) is 5. The molecule has 1 unspecified atom stereocenters. The van der Waals surface area contributed by atoms with Gasteiger partial charge in [-0.05, 0) is 80.1 Å². The second-order valence-corrected chi connectivity index (χ2v) is 8.57. The number of carbonyl (C=O) groups is 3. The molecule has 6 nitrogen and oxygen atoms in total. The van der Waals surface area contributed by atoms with Crippen LogP contribution in [0.15, 0.2) is 77.7 Å². The first kappa shape index (κ1) is 25.0. The van der Waals surface area contributed by atoms with Crippen LogP contribution in [0.3, 0.4) is 0 Å². The smallest absolute Gasteiger partial charge is 0.338 e. The first-order valence-electron chi connectivity index (χ1n) is 10.8. The maximum Gasteiger partial charge on any atom is 0.338 e. The molecule has 0 heterocycles. The number of halogens is 1. The highest BCUT2D eigenvalue weighted by Gasteiger charge is 2.19. The molecule has 0 aromatic heterocycles. The summed E-state index contributed by atoms with van der Waals surface area (Å²) in [6.45, 7) is 3.95. The van der Waals surface area contributed by atoms with Gasteiger partial charge in [0.2, 0.25) is 5.91 Å². The van der Waals surface area contributed by atoms with Crippen LogP contribution in [0.1, 0.15) is 41.0 Å². The van der Waals surface area contributed by atoms with Crippen molar-refractivity contribution in [2.75, 3.05) is 17.2 Å². The van der Waals surface area contributed by atoms with E-state index in [0.29, 0.717) is 35.5 Å². The van der Waals surface area contributed by atoms with E-state index in [1.54, 1.807) is 49.4 Å². The molecule has 0 saturated carbocycles. The van der Waals surface area contributed by atoms with E-state index in [9.17, 15) is 18.8 Å². The number of anilines is 2. The summed E-state index contributed by atoms with van der Waals surface area (Å²) in [4.78, 5) is 37.8. The zero-order valence-electron chi connectivity index (χ0n) is 18.8. The lowest BCUT2D eigenvalue weighted by Crippen LogP contribution is -2.24. The Kier molecular flexibility index (Phi) is 8.81. The highest BCUT2D eigenvalue weighted by molar-refractivity contribution is 8.00. The van der Waals surface area contributed by atoms with Crippen LogP contribution in [-0.4, -0.2) is 29.6 Å². The minimum absolute atomic E-state index is 0.169. The van der Waals surface area contributed by atoms with Crippen molar-refractivity contribution in [1.82, 2.24) is 0 Å². The van der Waals surface area contributed by atoms with Gasteiger partial charge >= 0.3 is 5.97 Å². The summed E-state index contributed by atoms with van der Waals surface area (Å²) in [6, 6.07) is 19.0. The number of ether oxygens (including phenoxy) is 1. The summed E-state index contributed by atoms with van der Waals surface area (Å²) in [5, 5.41) is 5.29. The second kappa shape index (κ2) is 12.0. The number of rotatable bonds is 9. The van der Waals surface area contributed by atoms with Crippen molar-refractivity contribution in [3.8, 4) is 0 Å². The molecule has 1 atom stereocenters. The topological polar surface area (TPSA) is 84.5 Å². The van der Waals surface area contributed by atoms with Gasteiger partial charge in [0, 0.05) is 21.8 Å². The third-order valence-electron chi connectivity index (χ3n) is 4.80. The summed E-state index contributed by atoms with van der Waals surface area (Å²) < 4.78 is 18.0. The molecule has 2 amide bonds. The lowest BCUT2D eigenvalue weighted by Gasteiger charge is -2.16. The summed E-state index contributed by atoms with van der Waals surface area (Å²) in [7, 11) is 0. The average molecular weight is 481 g/mol. The van der Waals surface area contributed by atoms with E-state index in [1.165, 1.54) is 36.0 Å². The lowest BCUT2D eigenvalue weighted by molar-refractivity contribution is -0.115. The van der Waals surface area contributed by atoms with Gasteiger partial charge in [0.25, 0.3) is 5.91 Å². The third kappa shape index (κ3) is 6.92. The Bertz CT molecular complexity index is 1150. The molecule has 0 aliphatic carbocycles. The van der Waals surface area contributed by atoms with Crippen LogP contribution in [0.4, 0.5) is 15.8 Å². The van der Waals surface area contributed by atoms with Gasteiger partial charge in [-0.3, -0.25) is 9.59 Å². The number of hydrogen-bond donors (Lipinski definition) is 2. The van der Waals surface area contributed by atoms with Gasteiger partial charge in [0.05, 0.1) is 17.4 Å². The quantitative estimate of drug-likeness (QED) is 0.300. The van der Waals surface area contributed by atoms with Crippen molar-refractivity contribution in [3.63, 3.8) is 0 Å². The Morgan fingerprint density at radius 3 is 2.21 bits per heavy atom. The Morgan fingerprint density at radius 2 is 1.56 bits per heavy atom. The number of amides is 2. The molecule has 0 radical (unpaired) electrons. The van der Waals surface area contributed by atoms with Crippen LogP contribution >= 0.6 is 11.8 Å². The molecule has 34 heavy (non-hydrogen) atoms. The SMILES string of the molecule is CCOC(=O)c1ccc(NC(=O)C(CC)Sc2cccc(NC(=O)c3ccc(F)cc3)c2)cc1. The van der Waals surface area contributed by atoms with Gasteiger partial charge < -0.3 is 15.4 Å². The van der Waals surface area contributed by atoms with Gasteiger partial charge in [-0.25, -0.2) is 9.18 Å². The maximum atomic E-state index is 13.1. The molecule has 3 aromatic rings. The Morgan fingerprint density at radius 1 is 0.882 bits per heavy atom. The van der Waals surface area contributed by atoms with Gasteiger partial charge in [0.1, 0.15) is 5.82 Å². The molecule has 0 bridgehead atoms. The molecule has 8 heteroatoms. The van der Waals surface area contributed by atoms with E-state index >= 15 is 0 Å². The maximum absolute atomic E-state index is 13.1. The molecule has 0 spiro atoms. The molecular weight excluding hydrogens is 455 g/mol. The first-order valence-corrected chi connectivity index (χ1v) is 11.7. The predicted octanol–water partition coefficient (Wildman–Crippen LogP) is 5.76. The highest BCUT2D eigenvalue weighted by Crippen LogP contribution is 2.29. The minimum atomic E-state index is -0.409. The number of nitrogens with one attached hydrogen (secondary N) is 2. The van der Waals surface area contributed by atoms with E-state index in [1.807, 2.05) is 13.0 Å². The van der Waals surface area contributed by atoms with Gasteiger partial charge in [-0.2, -0.15) is 0 Å². The second-order valence-electron chi connectivity index (χ2n) is 7.29. The third-order valence-corrected chi connectivity index (χ3v) is 6.16. The number of carbonyl (C=O) groups excluding carboxylic acids is 3. The van der Waals surface area contributed by atoms with Crippen LogP contribution in [0.2, 0.25) is 0 Å². The van der Waals surface area contributed by atoms with Crippen molar-refractivity contribution >= 4 is 40.9 Å². The van der Waals surface area contributed by atoms with E-state index in [-0.39, 0.29) is 17.1 Å². The fourth-order valence-corrected chi connectivity index (χ4v) is 4.08. The predicted molar refractivity (Wildman–Crippen MR) is 132 cm³/mol. The molecule has 3 rings (SSSR count). The summed E-state index contributed by atoms with van der Waals surface area (Å²) in [5.41, 5.74) is 1.92. The summed E-state index contributed by atoms with van der Waals surface area (Å²) >= 11 is 1.38. The molecule has 0 fully saturated rings. The Hall–Kier alpha value is -3.65. The van der Waals surface area contributed by atoms with E-state index in [0.717, 1.165) is 4.90 Å². The zero-order chi connectivity index (χ0) is 24.5. The minimum Gasteiger partial charge on any atom is -0.462 e. The van der Waals surface area contributed by atoms with Crippen LogP contribution in [0.5, 0.6) is 0 Å². The molecule has 176 valence electrons. The van der Waals surface area contributed by atoms with Crippen LogP contribution in [0.25, 0.3) is 0 Å². The summed E-state index contributed by atoms with van der Waals surface area (Å²) in [6.07, 6.45) is 0.587. The highest BCUT2D eigenvalue weighted by atomic mass is 32.2. The normalized spacial score (nSPS) is 11.4.